The van der Waals surface area contributed by atoms with E-state index in [-0.39, 0.29) is 30.4 Å². The molecule has 0 spiro atoms. The minimum atomic E-state index is -0.189. The number of carbonyl (C=O) groups excluding carboxylic acids is 1. The van der Waals surface area contributed by atoms with E-state index in [1.807, 2.05) is 26.8 Å². The molecule has 0 saturated heterocycles. The van der Waals surface area contributed by atoms with E-state index in [2.05, 4.69) is 22.7 Å². The van der Waals surface area contributed by atoms with Crippen LogP contribution in [0.3, 0.4) is 0 Å². The second-order valence-electron chi connectivity index (χ2n) is 4.42. The van der Waals surface area contributed by atoms with E-state index in [0.717, 1.165) is 18.8 Å². The molecular formula is C12H23ClN4O. The number of hydrogen-bond acceptors (Lipinski definition) is 3. The molecule has 6 heteroatoms. The highest BCUT2D eigenvalue weighted by Gasteiger charge is 2.14. The molecule has 2 N–H and O–H groups in total. The largest absolute Gasteiger partial charge is 0.310 e. The third-order valence-electron chi connectivity index (χ3n) is 2.50. The molecular weight excluding hydrogens is 252 g/mol. The average molecular weight is 275 g/mol. The first-order chi connectivity index (χ1) is 8.06. The van der Waals surface area contributed by atoms with Crippen molar-refractivity contribution in [2.75, 3.05) is 11.9 Å². The maximum atomic E-state index is 11.9. The smallest absolute Gasteiger partial charge is 0.242 e. The highest BCUT2D eigenvalue weighted by molar-refractivity contribution is 5.93. The van der Waals surface area contributed by atoms with Crippen LogP contribution in [0.2, 0.25) is 0 Å². The number of carbonyl (C=O) groups is 1. The Balaban J connectivity index is 0.00000289. The fourth-order valence-electron chi connectivity index (χ4n) is 1.51. The Morgan fingerprint density at radius 1 is 1.44 bits per heavy atom. The Labute approximate surface area is 115 Å². The van der Waals surface area contributed by atoms with Crippen molar-refractivity contribution < 1.29 is 4.79 Å². The van der Waals surface area contributed by atoms with Gasteiger partial charge in [0, 0.05) is 12.1 Å². The summed E-state index contributed by atoms with van der Waals surface area (Å²) in [4.78, 5) is 11.9. The summed E-state index contributed by atoms with van der Waals surface area (Å²) >= 11 is 0. The lowest BCUT2D eigenvalue weighted by Crippen LogP contribution is -2.38. The molecule has 0 aliphatic rings. The third-order valence-corrected chi connectivity index (χ3v) is 2.50. The molecule has 1 atom stereocenters. The molecule has 1 aromatic heterocycles. The van der Waals surface area contributed by atoms with Crippen LogP contribution in [-0.2, 0) is 4.79 Å². The third kappa shape index (κ3) is 4.66. The first-order valence-electron chi connectivity index (χ1n) is 6.14. The molecule has 0 radical (unpaired) electrons. The maximum Gasteiger partial charge on any atom is 0.242 e. The predicted octanol–water partition coefficient (Wildman–Crippen LogP) is 2.21. The highest BCUT2D eigenvalue weighted by Crippen LogP contribution is 2.13. The molecule has 1 aromatic rings. The van der Waals surface area contributed by atoms with Crippen LogP contribution in [0, 0.1) is 0 Å². The monoisotopic (exact) mass is 274 g/mol. The Bertz CT molecular complexity index is 365. The summed E-state index contributed by atoms with van der Waals surface area (Å²) in [5, 5.41) is 10.2. The lowest BCUT2D eigenvalue weighted by molar-refractivity contribution is -0.117. The molecule has 1 heterocycles. The van der Waals surface area contributed by atoms with Gasteiger partial charge < -0.3 is 10.6 Å². The highest BCUT2D eigenvalue weighted by atomic mass is 35.5. The summed E-state index contributed by atoms with van der Waals surface area (Å²) in [6.07, 6.45) is 2.71. The van der Waals surface area contributed by atoms with Gasteiger partial charge in [0.15, 0.2) is 0 Å². The van der Waals surface area contributed by atoms with Gasteiger partial charge in [-0.2, -0.15) is 5.10 Å². The summed E-state index contributed by atoms with van der Waals surface area (Å²) in [7, 11) is 0. The normalized spacial score (nSPS) is 12.1. The number of anilines is 1. The molecule has 5 nitrogen and oxygen atoms in total. The van der Waals surface area contributed by atoms with Crippen molar-refractivity contribution in [1.82, 2.24) is 15.1 Å². The molecule has 0 bridgehead atoms. The molecule has 1 rings (SSSR count). The van der Waals surface area contributed by atoms with Crippen molar-refractivity contribution in [3.05, 3.63) is 12.3 Å². The van der Waals surface area contributed by atoms with E-state index in [4.69, 9.17) is 0 Å². The summed E-state index contributed by atoms with van der Waals surface area (Å²) in [6.45, 7) is 8.84. The average Bonchev–Trinajstić information content (AvgIpc) is 2.73. The number of halogens is 1. The van der Waals surface area contributed by atoms with Gasteiger partial charge in [0.25, 0.3) is 0 Å². The number of nitrogens with zero attached hydrogens (tertiary/aromatic N) is 2. The Morgan fingerprint density at radius 3 is 2.67 bits per heavy atom. The van der Waals surface area contributed by atoms with Gasteiger partial charge in [-0.05, 0) is 33.7 Å². The van der Waals surface area contributed by atoms with Crippen LogP contribution in [-0.4, -0.2) is 28.3 Å². The van der Waals surface area contributed by atoms with Crippen molar-refractivity contribution in [1.29, 1.82) is 0 Å². The molecule has 104 valence electrons. The van der Waals surface area contributed by atoms with E-state index in [1.165, 1.54) is 0 Å². The molecule has 0 fully saturated rings. The minimum absolute atomic E-state index is 0. The summed E-state index contributed by atoms with van der Waals surface area (Å²) in [5.74, 6) is 0.719. The van der Waals surface area contributed by atoms with Crippen molar-refractivity contribution >= 4 is 24.1 Å². The van der Waals surface area contributed by atoms with Gasteiger partial charge >= 0.3 is 0 Å². The number of rotatable bonds is 6. The molecule has 0 aliphatic carbocycles. The topological polar surface area (TPSA) is 59.0 Å². The van der Waals surface area contributed by atoms with Crippen molar-refractivity contribution in [2.45, 2.75) is 46.2 Å². The van der Waals surface area contributed by atoms with E-state index in [9.17, 15) is 4.79 Å². The maximum absolute atomic E-state index is 11.9. The number of hydrogen-bond donors (Lipinski definition) is 2. The van der Waals surface area contributed by atoms with Crippen LogP contribution in [0.15, 0.2) is 12.3 Å². The number of aromatic nitrogens is 2. The van der Waals surface area contributed by atoms with Crippen LogP contribution in [0.4, 0.5) is 5.82 Å². The number of amides is 1. The molecule has 0 aromatic carbocycles. The Kier molecular flexibility index (Phi) is 7.62. The van der Waals surface area contributed by atoms with Crippen molar-refractivity contribution in [3.63, 3.8) is 0 Å². The van der Waals surface area contributed by atoms with Crippen LogP contribution < -0.4 is 10.6 Å². The molecule has 1 amide bonds. The zero-order chi connectivity index (χ0) is 12.8. The summed E-state index contributed by atoms with van der Waals surface area (Å²) in [6, 6.07) is 1.86. The number of nitrogens with one attached hydrogen (secondary N) is 2. The molecule has 18 heavy (non-hydrogen) atoms. The lowest BCUT2D eigenvalue weighted by atomic mass is 10.3. The van der Waals surface area contributed by atoms with Gasteiger partial charge in [-0.1, -0.05) is 6.92 Å². The van der Waals surface area contributed by atoms with Crippen LogP contribution >= 0.6 is 12.4 Å². The summed E-state index contributed by atoms with van der Waals surface area (Å²) < 4.78 is 1.80. The Morgan fingerprint density at radius 2 is 2.11 bits per heavy atom. The van der Waals surface area contributed by atoms with Crippen molar-refractivity contribution in [3.8, 4) is 0 Å². The van der Waals surface area contributed by atoms with Crippen LogP contribution in [0.1, 0.15) is 40.2 Å². The van der Waals surface area contributed by atoms with Gasteiger partial charge in [0.05, 0.1) is 12.2 Å². The zero-order valence-corrected chi connectivity index (χ0v) is 12.3. The lowest BCUT2D eigenvalue weighted by Gasteiger charge is -2.15. The van der Waals surface area contributed by atoms with Gasteiger partial charge in [-0.25, -0.2) is 4.68 Å². The first-order valence-corrected chi connectivity index (χ1v) is 6.14. The summed E-state index contributed by atoms with van der Waals surface area (Å²) in [5.41, 5.74) is 0. The van der Waals surface area contributed by atoms with Crippen LogP contribution in [0.5, 0.6) is 0 Å². The van der Waals surface area contributed by atoms with Gasteiger partial charge in [0.2, 0.25) is 5.91 Å². The first kappa shape index (κ1) is 16.9. The van der Waals surface area contributed by atoms with Gasteiger partial charge in [-0.15, -0.1) is 12.4 Å². The second-order valence-corrected chi connectivity index (χ2v) is 4.42. The quantitative estimate of drug-likeness (QED) is 0.836. The predicted molar refractivity (Wildman–Crippen MR) is 76.2 cm³/mol. The fraction of sp³-hybridized carbons (Fsp3) is 0.667. The minimum Gasteiger partial charge on any atom is -0.310 e. The molecule has 0 saturated carbocycles. The van der Waals surface area contributed by atoms with Gasteiger partial charge in [-0.3, -0.25) is 4.79 Å². The van der Waals surface area contributed by atoms with E-state index < -0.39 is 0 Å². The SMILES string of the molecule is CCCNC(C)C(=O)Nc1ccnn1C(C)C.Cl. The standard InChI is InChI=1S/C12H22N4O.ClH/c1-5-7-13-10(4)12(17)15-11-6-8-14-16(11)9(2)3;/h6,8-10,13H,5,7H2,1-4H3,(H,15,17);1H. The van der Waals surface area contributed by atoms with Gasteiger partial charge in [0.1, 0.15) is 5.82 Å². The van der Waals surface area contributed by atoms with E-state index in [0.29, 0.717) is 0 Å². The van der Waals surface area contributed by atoms with E-state index in [1.54, 1.807) is 10.9 Å². The van der Waals surface area contributed by atoms with Crippen LogP contribution in [0.25, 0.3) is 0 Å². The van der Waals surface area contributed by atoms with E-state index >= 15 is 0 Å². The zero-order valence-electron chi connectivity index (χ0n) is 11.4. The Hall–Kier alpha value is -1.07. The fourth-order valence-corrected chi connectivity index (χ4v) is 1.51. The molecule has 0 aliphatic heterocycles. The molecule has 1 unspecified atom stereocenters. The second kappa shape index (κ2) is 8.11. The van der Waals surface area contributed by atoms with Crippen molar-refractivity contribution in [2.24, 2.45) is 0 Å².